The highest BCUT2D eigenvalue weighted by atomic mass is 16.7. The van der Waals surface area contributed by atoms with Gasteiger partial charge in [0.1, 0.15) is 5.58 Å². The van der Waals surface area contributed by atoms with E-state index >= 15 is 0 Å². The molecular weight excluding hydrogens is 330 g/mol. The van der Waals surface area contributed by atoms with E-state index in [0.717, 1.165) is 40.0 Å². The molecule has 5 heteroatoms. The van der Waals surface area contributed by atoms with Crippen molar-refractivity contribution in [2.24, 2.45) is 0 Å². The van der Waals surface area contributed by atoms with Crippen LogP contribution in [0.5, 0.6) is 11.5 Å². The molecule has 0 spiro atoms. The lowest BCUT2D eigenvalue weighted by Gasteiger charge is -2.17. The molecule has 0 fully saturated rings. The Morgan fingerprint density at radius 2 is 1.88 bits per heavy atom. The zero-order valence-electron chi connectivity index (χ0n) is 15.0. The summed E-state index contributed by atoms with van der Waals surface area (Å²) in [6.45, 7) is 2.88. The van der Waals surface area contributed by atoms with Crippen molar-refractivity contribution in [3.63, 3.8) is 0 Å². The van der Waals surface area contributed by atoms with E-state index in [2.05, 4.69) is 13.0 Å². The van der Waals surface area contributed by atoms with Crippen LogP contribution in [0.15, 0.2) is 47.1 Å². The number of furan rings is 1. The van der Waals surface area contributed by atoms with Gasteiger partial charge in [0, 0.05) is 24.5 Å². The SMILES string of the molecule is CCc1ccc2c(CC(=O)N(C)Cc3ccc4c(c3)OCO4)coc2c1. The zero-order chi connectivity index (χ0) is 18.1. The fraction of sp³-hybridized carbons (Fsp3) is 0.286. The fourth-order valence-electron chi connectivity index (χ4n) is 3.18. The molecule has 0 saturated carbocycles. The lowest BCUT2D eigenvalue weighted by molar-refractivity contribution is -0.129. The first-order chi connectivity index (χ1) is 12.6. The number of carbonyl (C=O) groups excluding carboxylic acids is 1. The molecule has 1 aliphatic heterocycles. The molecule has 0 saturated heterocycles. The minimum atomic E-state index is 0.0462. The molecule has 1 aromatic heterocycles. The van der Waals surface area contributed by atoms with Crippen molar-refractivity contribution in [3.8, 4) is 11.5 Å². The van der Waals surface area contributed by atoms with Gasteiger partial charge in [-0.15, -0.1) is 0 Å². The van der Waals surface area contributed by atoms with E-state index in [1.807, 2.05) is 37.4 Å². The number of fused-ring (bicyclic) bond motifs is 2. The molecule has 2 aromatic carbocycles. The Morgan fingerprint density at radius 3 is 2.73 bits per heavy atom. The van der Waals surface area contributed by atoms with E-state index < -0.39 is 0 Å². The third-order valence-corrected chi connectivity index (χ3v) is 4.75. The normalized spacial score (nSPS) is 12.5. The van der Waals surface area contributed by atoms with Crippen LogP contribution in [0.1, 0.15) is 23.6 Å². The first kappa shape index (κ1) is 16.5. The summed E-state index contributed by atoms with van der Waals surface area (Å²) in [6, 6.07) is 11.9. The summed E-state index contributed by atoms with van der Waals surface area (Å²) in [4.78, 5) is 14.4. The second kappa shape index (κ2) is 6.75. The Bertz CT molecular complexity index is 960. The standard InChI is InChI=1S/C21H21NO4/c1-3-14-4-6-17-16(12-24-19(17)8-14)10-21(23)22(2)11-15-5-7-18-20(9-15)26-13-25-18/h4-9,12H,3,10-11,13H2,1-2H3. The minimum absolute atomic E-state index is 0.0462. The molecule has 134 valence electrons. The van der Waals surface area contributed by atoms with E-state index in [4.69, 9.17) is 13.9 Å². The molecule has 4 rings (SSSR count). The van der Waals surface area contributed by atoms with Gasteiger partial charge in [-0.25, -0.2) is 0 Å². The number of hydrogen-bond acceptors (Lipinski definition) is 4. The average Bonchev–Trinajstić information content (AvgIpc) is 3.27. The summed E-state index contributed by atoms with van der Waals surface area (Å²) in [5.74, 6) is 1.53. The van der Waals surface area contributed by atoms with Crippen molar-refractivity contribution in [3.05, 3.63) is 59.4 Å². The lowest BCUT2D eigenvalue weighted by Crippen LogP contribution is -2.27. The van der Waals surface area contributed by atoms with Gasteiger partial charge in [-0.2, -0.15) is 0 Å². The van der Waals surface area contributed by atoms with E-state index in [0.29, 0.717) is 13.0 Å². The lowest BCUT2D eigenvalue weighted by atomic mass is 10.1. The van der Waals surface area contributed by atoms with Gasteiger partial charge in [0.05, 0.1) is 12.7 Å². The van der Waals surface area contributed by atoms with Crippen LogP contribution in [0.4, 0.5) is 0 Å². The molecule has 0 N–H and O–H groups in total. The number of rotatable bonds is 5. The van der Waals surface area contributed by atoms with Crippen LogP contribution in [0, 0.1) is 0 Å². The van der Waals surface area contributed by atoms with Gasteiger partial charge in [0.2, 0.25) is 12.7 Å². The Morgan fingerprint density at radius 1 is 1.08 bits per heavy atom. The highest BCUT2D eigenvalue weighted by Gasteiger charge is 2.17. The first-order valence-electron chi connectivity index (χ1n) is 8.75. The van der Waals surface area contributed by atoms with Crippen LogP contribution in [0.3, 0.4) is 0 Å². The molecule has 5 nitrogen and oxygen atoms in total. The van der Waals surface area contributed by atoms with Gasteiger partial charge >= 0.3 is 0 Å². The number of aryl methyl sites for hydroxylation is 1. The largest absolute Gasteiger partial charge is 0.464 e. The topological polar surface area (TPSA) is 51.9 Å². The summed E-state index contributed by atoms with van der Waals surface area (Å²) in [6.07, 6.45) is 2.97. The molecular formula is C21H21NO4. The molecule has 1 aliphatic rings. The van der Waals surface area contributed by atoms with Gasteiger partial charge in [-0.05, 0) is 35.7 Å². The first-order valence-corrected chi connectivity index (χ1v) is 8.75. The monoisotopic (exact) mass is 351 g/mol. The molecule has 1 amide bonds. The van der Waals surface area contributed by atoms with Crippen molar-refractivity contribution >= 4 is 16.9 Å². The number of hydrogen-bond donors (Lipinski definition) is 0. The molecule has 0 atom stereocenters. The molecule has 3 aromatic rings. The Hall–Kier alpha value is -2.95. The Balaban J connectivity index is 1.46. The highest BCUT2D eigenvalue weighted by Crippen LogP contribution is 2.32. The van der Waals surface area contributed by atoms with Crippen LogP contribution in [0.2, 0.25) is 0 Å². The van der Waals surface area contributed by atoms with Gasteiger partial charge in [0.15, 0.2) is 11.5 Å². The number of likely N-dealkylation sites (N-methyl/N-ethyl adjacent to an activating group) is 1. The second-order valence-electron chi connectivity index (χ2n) is 6.56. The second-order valence-corrected chi connectivity index (χ2v) is 6.56. The molecule has 0 aliphatic carbocycles. The minimum Gasteiger partial charge on any atom is -0.464 e. The van der Waals surface area contributed by atoms with Crippen molar-refractivity contribution in [2.45, 2.75) is 26.3 Å². The average molecular weight is 351 g/mol. The van der Waals surface area contributed by atoms with Gasteiger partial charge in [-0.3, -0.25) is 4.79 Å². The van der Waals surface area contributed by atoms with Crippen molar-refractivity contribution in [1.29, 1.82) is 0 Å². The van der Waals surface area contributed by atoms with Crippen LogP contribution in [0.25, 0.3) is 11.0 Å². The quantitative estimate of drug-likeness (QED) is 0.699. The van der Waals surface area contributed by atoms with Crippen LogP contribution < -0.4 is 9.47 Å². The van der Waals surface area contributed by atoms with E-state index in [-0.39, 0.29) is 12.7 Å². The molecule has 0 unspecified atom stereocenters. The van der Waals surface area contributed by atoms with Crippen molar-refractivity contribution in [2.75, 3.05) is 13.8 Å². The maximum atomic E-state index is 12.6. The summed E-state index contributed by atoms with van der Waals surface area (Å²) >= 11 is 0. The molecule has 2 heterocycles. The zero-order valence-corrected chi connectivity index (χ0v) is 15.0. The number of benzene rings is 2. The Labute approximate surface area is 152 Å². The highest BCUT2D eigenvalue weighted by molar-refractivity contribution is 5.87. The summed E-state index contributed by atoms with van der Waals surface area (Å²) in [5.41, 5.74) is 4.00. The smallest absolute Gasteiger partial charge is 0.231 e. The molecule has 26 heavy (non-hydrogen) atoms. The fourth-order valence-corrected chi connectivity index (χ4v) is 3.18. The van der Waals surface area contributed by atoms with Gasteiger partial charge in [0.25, 0.3) is 0 Å². The summed E-state index contributed by atoms with van der Waals surface area (Å²) in [5, 5.41) is 1.01. The van der Waals surface area contributed by atoms with Crippen molar-refractivity contribution < 1.29 is 18.7 Å². The third-order valence-electron chi connectivity index (χ3n) is 4.75. The summed E-state index contributed by atoms with van der Waals surface area (Å²) in [7, 11) is 1.81. The third kappa shape index (κ3) is 3.12. The predicted octanol–water partition coefficient (Wildman–Crippen LogP) is 3.93. The predicted molar refractivity (Wildman–Crippen MR) is 98.3 cm³/mol. The van der Waals surface area contributed by atoms with Crippen LogP contribution in [-0.2, 0) is 24.2 Å². The number of amides is 1. The van der Waals surface area contributed by atoms with Gasteiger partial charge in [-0.1, -0.05) is 25.1 Å². The van der Waals surface area contributed by atoms with Crippen LogP contribution >= 0.6 is 0 Å². The molecule has 0 radical (unpaired) electrons. The summed E-state index contributed by atoms with van der Waals surface area (Å²) < 4.78 is 16.4. The van der Waals surface area contributed by atoms with Gasteiger partial charge < -0.3 is 18.8 Å². The maximum Gasteiger partial charge on any atom is 0.231 e. The number of ether oxygens (including phenoxy) is 2. The van der Waals surface area contributed by atoms with E-state index in [9.17, 15) is 4.79 Å². The Kier molecular flexibility index (Phi) is 4.29. The van der Waals surface area contributed by atoms with E-state index in [1.54, 1.807) is 11.2 Å². The maximum absolute atomic E-state index is 12.6. The van der Waals surface area contributed by atoms with Crippen LogP contribution in [-0.4, -0.2) is 24.6 Å². The number of carbonyl (C=O) groups is 1. The number of nitrogens with zero attached hydrogens (tertiary/aromatic N) is 1. The van der Waals surface area contributed by atoms with Crippen molar-refractivity contribution in [1.82, 2.24) is 4.90 Å². The van der Waals surface area contributed by atoms with E-state index in [1.165, 1.54) is 5.56 Å². The molecule has 0 bridgehead atoms.